The van der Waals surface area contributed by atoms with Crippen molar-refractivity contribution < 1.29 is 4.79 Å². The molecule has 0 aliphatic heterocycles. The molecule has 0 aromatic carbocycles. The molecule has 1 aliphatic carbocycles. The van der Waals surface area contributed by atoms with Crippen molar-refractivity contribution in [1.82, 2.24) is 10.6 Å². The van der Waals surface area contributed by atoms with E-state index in [1.165, 1.54) is 12.8 Å². The van der Waals surface area contributed by atoms with Gasteiger partial charge in [-0.15, -0.1) is 0 Å². The number of carbonyl (C=O) groups is 1. The number of hydrogen-bond acceptors (Lipinski definition) is 2. The number of nitrogens with one attached hydrogen (secondary N) is 2. The van der Waals surface area contributed by atoms with Crippen molar-refractivity contribution in [3.05, 3.63) is 0 Å². The third-order valence-corrected chi connectivity index (χ3v) is 2.40. The van der Waals surface area contributed by atoms with Crippen LogP contribution in [0.1, 0.15) is 39.5 Å². The lowest BCUT2D eigenvalue weighted by molar-refractivity contribution is 0.231. The Morgan fingerprint density at radius 3 is 2.50 bits per heavy atom. The summed E-state index contributed by atoms with van der Waals surface area (Å²) in [5, 5.41) is 14.2. The molecule has 2 amide bonds. The fraction of sp³-hybridized carbons (Fsp3) is 0.800. The van der Waals surface area contributed by atoms with Gasteiger partial charge in [-0.2, -0.15) is 5.26 Å². The van der Waals surface area contributed by atoms with Crippen molar-refractivity contribution in [3.8, 4) is 6.07 Å². The van der Waals surface area contributed by atoms with Gasteiger partial charge in [-0.05, 0) is 26.7 Å². The van der Waals surface area contributed by atoms with Crippen molar-refractivity contribution >= 4 is 6.03 Å². The fourth-order valence-electron chi connectivity index (χ4n) is 1.60. The van der Waals surface area contributed by atoms with Crippen LogP contribution in [0.2, 0.25) is 0 Å². The van der Waals surface area contributed by atoms with E-state index in [0.29, 0.717) is 6.04 Å². The summed E-state index contributed by atoms with van der Waals surface area (Å²) in [4.78, 5) is 11.4. The monoisotopic (exact) mass is 195 g/mol. The molecule has 1 aliphatic rings. The molecule has 4 heteroatoms. The topological polar surface area (TPSA) is 64.9 Å². The van der Waals surface area contributed by atoms with Crippen LogP contribution in [-0.4, -0.2) is 17.6 Å². The van der Waals surface area contributed by atoms with Crippen LogP contribution in [0.25, 0.3) is 0 Å². The summed E-state index contributed by atoms with van der Waals surface area (Å²) in [7, 11) is 0. The Kier molecular flexibility index (Phi) is 3.34. The average Bonchev–Trinajstić information content (AvgIpc) is 2.55. The van der Waals surface area contributed by atoms with Gasteiger partial charge in [-0.25, -0.2) is 4.79 Å². The summed E-state index contributed by atoms with van der Waals surface area (Å²) in [5.74, 6) is 0. The number of hydrogen-bond donors (Lipinski definition) is 2. The van der Waals surface area contributed by atoms with Gasteiger partial charge in [0.2, 0.25) is 0 Å². The van der Waals surface area contributed by atoms with Crippen molar-refractivity contribution in [1.29, 1.82) is 5.26 Å². The number of urea groups is 1. The molecule has 0 aromatic rings. The molecule has 4 nitrogen and oxygen atoms in total. The molecule has 0 unspecified atom stereocenters. The fourth-order valence-corrected chi connectivity index (χ4v) is 1.60. The Morgan fingerprint density at radius 1 is 1.43 bits per heavy atom. The summed E-state index contributed by atoms with van der Waals surface area (Å²) < 4.78 is 0. The Labute approximate surface area is 84.7 Å². The van der Waals surface area contributed by atoms with Gasteiger partial charge in [-0.1, -0.05) is 12.8 Å². The molecule has 1 rings (SSSR count). The van der Waals surface area contributed by atoms with Gasteiger partial charge in [0.25, 0.3) is 0 Å². The Bertz CT molecular complexity index is 249. The Hall–Kier alpha value is -1.24. The molecule has 14 heavy (non-hydrogen) atoms. The molecule has 0 saturated heterocycles. The van der Waals surface area contributed by atoms with Gasteiger partial charge in [0.1, 0.15) is 5.54 Å². The highest BCUT2D eigenvalue weighted by molar-refractivity contribution is 5.75. The number of nitriles is 1. The average molecular weight is 195 g/mol. The van der Waals surface area contributed by atoms with Crippen LogP contribution >= 0.6 is 0 Å². The lowest BCUT2D eigenvalue weighted by Gasteiger charge is -2.20. The lowest BCUT2D eigenvalue weighted by atomic mass is 10.1. The summed E-state index contributed by atoms with van der Waals surface area (Å²) in [6.07, 6.45) is 4.49. The quantitative estimate of drug-likeness (QED) is 0.701. The molecule has 0 atom stereocenters. The molecule has 2 N–H and O–H groups in total. The van der Waals surface area contributed by atoms with Crippen molar-refractivity contribution in [2.75, 3.05) is 0 Å². The van der Waals surface area contributed by atoms with E-state index in [-0.39, 0.29) is 6.03 Å². The molecule has 0 aromatic heterocycles. The number of carbonyl (C=O) groups excluding carboxylic acids is 1. The van der Waals surface area contributed by atoms with Crippen LogP contribution in [0, 0.1) is 11.3 Å². The van der Waals surface area contributed by atoms with Gasteiger partial charge >= 0.3 is 6.03 Å². The van der Waals surface area contributed by atoms with E-state index in [9.17, 15) is 4.79 Å². The molecule has 78 valence electrons. The standard InChI is InChI=1S/C10H17N3O/c1-10(2,7-11)13-9(14)12-8-5-3-4-6-8/h8H,3-6H2,1-2H3,(H2,12,13,14). The van der Waals surface area contributed by atoms with E-state index >= 15 is 0 Å². The second-order valence-electron chi connectivity index (χ2n) is 4.32. The third kappa shape index (κ3) is 3.25. The van der Waals surface area contributed by atoms with E-state index in [1.807, 2.05) is 6.07 Å². The maximum absolute atomic E-state index is 11.4. The third-order valence-electron chi connectivity index (χ3n) is 2.40. The molecule has 0 radical (unpaired) electrons. The molecular weight excluding hydrogens is 178 g/mol. The SMILES string of the molecule is CC(C)(C#N)NC(=O)NC1CCCC1. The first-order valence-electron chi connectivity index (χ1n) is 5.03. The van der Waals surface area contributed by atoms with Crippen LogP contribution in [-0.2, 0) is 0 Å². The molecular formula is C10H17N3O. The van der Waals surface area contributed by atoms with Crippen molar-refractivity contribution in [2.24, 2.45) is 0 Å². The summed E-state index contributed by atoms with van der Waals surface area (Å²) in [5.41, 5.74) is -0.789. The zero-order chi connectivity index (χ0) is 10.6. The van der Waals surface area contributed by atoms with E-state index < -0.39 is 5.54 Å². The molecule has 0 spiro atoms. The summed E-state index contributed by atoms with van der Waals surface area (Å²) in [6.45, 7) is 3.36. The number of amides is 2. The number of nitrogens with zero attached hydrogens (tertiary/aromatic N) is 1. The highest BCUT2D eigenvalue weighted by Gasteiger charge is 2.22. The van der Waals surface area contributed by atoms with Crippen LogP contribution in [0.15, 0.2) is 0 Å². The second-order valence-corrected chi connectivity index (χ2v) is 4.32. The maximum atomic E-state index is 11.4. The first-order valence-corrected chi connectivity index (χ1v) is 5.03. The second kappa shape index (κ2) is 4.32. The van der Waals surface area contributed by atoms with Crippen LogP contribution in [0.4, 0.5) is 4.79 Å². The van der Waals surface area contributed by atoms with Gasteiger partial charge < -0.3 is 10.6 Å². The minimum absolute atomic E-state index is 0.233. The Morgan fingerprint density at radius 2 is 2.00 bits per heavy atom. The van der Waals surface area contributed by atoms with Gasteiger partial charge in [0, 0.05) is 6.04 Å². The lowest BCUT2D eigenvalue weighted by Crippen LogP contribution is -2.49. The molecule has 1 saturated carbocycles. The van der Waals surface area contributed by atoms with E-state index in [0.717, 1.165) is 12.8 Å². The molecule has 0 bridgehead atoms. The van der Waals surface area contributed by atoms with E-state index in [2.05, 4.69) is 10.6 Å². The van der Waals surface area contributed by atoms with Gasteiger partial charge in [0.05, 0.1) is 6.07 Å². The normalized spacial score (nSPS) is 17.5. The minimum atomic E-state index is -0.789. The first-order chi connectivity index (χ1) is 6.53. The van der Waals surface area contributed by atoms with Crippen molar-refractivity contribution in [2.45, 2.75) is 51.1 Å². The summed E-state index contributed by atoms with van der Waals surface area (Å²) in [6, 6.07) is 2.09. The molecule has 0 heterocycles. The zero-order valence-corrected chi connectivity index (χ0v) is 8.76. The summed E-state index contributed by atoms with van der Waals surface area (Å²) >= 11 is 0. The van der Waals surface area contributed by atoms with Gasteiger partial charge in [0.15, 0.2) is 0 Å². The maximum Gasteiger partial charge on any atom is 0.316 e. The predicted octanol–water partition coefficient (Wildman–Crippen LogP) is 1.53. The van der Waals surface area contributed by atoms with Crippen molar-refractivity contribution in [3.63, 3.8) is 0 Å². The van der Waals surface area contributed by atoms with Crippen LogP contribution in [0.3, 0.4) is 0 Å². The highest BCUT2D eigenvalue weighted by Crippen LogP contribution is 2.17. The first kappa shape index (κ1) is 10.8. The van der Waals surface area contributed by atoms with Crippen LogP contribution in [0.5, 0.6) is 0 Å². The minimum Gasteiger partial charge on any atom is -0.335 e. The predicted molar refractivity (Wildman–Crippen MR) is 53.6 cm³/mol. The largest absolute Gasteiger partial charge is 0.335 e. The smallest absolute Gasteiger partial charge is 0.316 e. The van der Waals surface area contributed by atoms with Crippen LogP contribution < -0.4 is 10.6 Å². The molecule has 1 fully saturated rings. The Balaban J connectivity index is 2.32. The van der Waals surface area contributed by atoms with E-state index in [1.54, 1.807) is 13.8 Å². The highest BCUT2D eigenvalue weighted by atomic mass is 16.2. The zero-order valence-electron chi connectivity index (χ0n) is 8.76. The van der Waals surface area contributed by atoms with E-state index in [4.69, 9.17) is 5.26 Å². The number of rotatable bonds is 2. The van der Waals surface area contributed by atoms with Gasteiger partial charge in [-0.3, -0.25) is 0 Å².